The second kappa shape index (κ2) is 7.35. The summed E-state index contributed by atoms with van der Waals surface area (Å²) >= 11 is 1.55. The zero-order valence-corrected chi connectivity index (χ0v) is 13.9. The van der Waals surface area contributed by atoms with Crippen molar-refractivity contribution in [1.82, 2.24) is 5.32 Å². The van der Waals surface area contributed by atoms with Gasteiger partial charge in [-0.3, -0.25) is 4.79 Å². The molecule has 0 saturated carbocycles. The molecule has 2 aromatic rings. The molecule has 7 heteroatoms. The van der Waals surface area contributed by atoms with Crippen LogP contribution in [0.2, 0.25) is 0 Å². The highest BCUT2D eigenvalue weighted by Gasteiger charge is 2.29. The molecule has 2 atom stereocenters. The van der Waals surface area contributed by atoms with Gasteiger partial charge in [-0.05, 0) is 30.5 Å². The minimum Gasteiger partial charge on any atom is -0.485 e. The summed E-state index contributed by atoms with van der Waals surface area (Å²) in [5.74, 6) is 0.0929. The van der Waals surface area contributed by atoms with Crippen molar-refractivity contribution in [3.8, 4) is 11.5 Å². The largest absolute Gasteiger partial charge is 0.485 e. The number of esters is 1. The first-order chi connectivity index (χ1) is 11.6. The van der Waals surface area contributed by atoms with Crippen LogP contribution in [0.1, 0.15) is 17.8 Å². The lowest BCUT2D eigenvalue weighted by molar-refractivity contribution is -0.157. The summed E-state index contributed by atoms with van der Waals surface area (Å²) < 4.78 is 16.0. The smallest absolute Gasteiger partial charge is 0.351 e. The number of nitrogens with one attached hydrogen (secondary N) is 1. The molecule has 1 aromatic carbocycles. The summed E-state index contributed by atoms with van der Waals surface area (Å²) in [5.41, 5.74) is 0. The lowest BCUT2D eigenvalue weighted by Crippen LogP contribution is -2.40. The Labute approximate surface area is 143 Å². The van der Waals surface area contributed by atoms with Gasteiger partial charge in [0.25, 0.3) is 5.91 Å². The molecule has 0 aliphatic carbocycles. The number of fused-ring (bicyclic) bond motifs is 1. The molecule has 3 rings (SSSR count). The van der Waals surface area contributed by atoms with Crippen LogP contribution in [0.25, 0.3) is 0 Å². The number of hydrogen-bond acceptors (Lipinski definition) is 6. The Kier molecular flexibility index (Phi) is 5.00. The van der Waals surface area contributed by atoms with Gasteiger partial charge in [0.2, 0.25) is 6.10 Å². The van der Waals surface area contributed by atoms with E-state index in [1.807, 2.05) is 30.5 Å². The van der Waals surface area contributed by atoms with Crippen molar-refractivity contribution in [3.63, 3.8) is 0 Å². The van der Waals surface area contributed by atoms with Crippen LogP contribution in [-0.2, 0) is 14.3 Å². The van der Waals surface area contributed by atoms with Crippen LogP contribution in [0.5, 0.6) is 11.5 Å². The van der Waals surface area contributed by atoms with E-state index in [0.29, 0.717) is 11.5 Å². The first-order valence-electron chi connectivity index (χ1n) is 7.51. The molecule has 1 aromatic heterocycles. The zero-order valence-electron chi connectivity index (χ0n) is 13.1. The molecule has 1 amide bonds. The number of carbonyl (C=O) groups excluding carboxylic acids is 2. The number of amides is 1. The maximum absolute atomic E-state index is 12.0. The average Bonchev–Trinajstić information content (AvgIpc) is 3.14. The summed E-state index contributed by atoms with van der Waals surface area (Å²) in [5, 5.41) is 4.72. The van der Waals surface area contributed by atoms with Crippen molar-refractivity contribution < 1.29 is 23.8 Å². The summed E-state index contributed by atoms with van der Waals surface area (Å²) in [6, 6.07) is 10.8. The molecule has 0 fully saturated rings. The fourth-order valence-electron chi connectivity index (χ4n) is 2.26. The van der Waals surface area contributed by atoms with Gasteiger partial charge in [0.15, 0.2) is 18.1 Å². The van der Waals surface area contributed by atoms with E-state index in [1.165, 1.54) is 0 Å². The second-order valence-corrected chi connectivity index (χ2v) is 6.26. The summed E-state index contributed by atoms with van der Waals surface area (Å²) in [4.78, 5) is 24.9. The van der Waals surface area contributed by atoms with Gasteiger partial charge in [-0.15, -0.1) is 11.3 Å². The normalized spacial score (nSPS) is 17.0. The molecule has 2 heterocycles. The Morgan fingerprint density at radius 1 is 1.29 bits per heavy atom. The molecule has 1 aliphatic heterocycles. The highest BCUT2D eigenvalue weighted by molar-refractivity contribution is 7.10. The van der Waals surface area contributed by atoms with Crippen LogP contribution < -0.4 is 14.8 Å². The van der Waals surface area contributed by atoms with Crippen molar-refractivity contribution in [2.75, 3.05) is 13.2 Å². The monoisotopic (exact) mass is 347 g/mol. The van der Waals surface area contributed by atoms with Crippen LogP contribution in [0, 0.1) is 0 Å². The van der Waals surface area contributed by atoms with Gasteiger partial charge < -0.3 is 19.5 Å². The van der Waals surface area contributed by atoms with E-state index >= 15 is 0 Å². The van der Waals surface area contributed by atoms with E-state index in [9.17, 15) is 9.59 Å². The van der Waals surface area contributed by atoms with Gasteiger partial charge in [-0.1, -0.05) is 18.2 Å². The predicted octanol–water partition coefficient (Wildman–Crippen LogP) is 2.31. The van der Waals surface area contributed by atoms with Gasteiger partial charge in [-0.25, -0.2) is 4.79 Å². The van der Waals surface area contributed by atoms with Crippen LogP contribution in [-0.4, -0.2) is 31.2 Å². The molecule has 24 heavy (non-hydrogen) atoms. The lowest BCUT2D eigenvalue weighted by Gasteiger charge is -2.24. The van der Waals surface area contributed by atoms with E-state index in [4.69, 9.17) is 14.2 Å². The Hall–Kier alpha value is -2.54. The Bertz CT molecular complexity index is 716. The predicted molar refractivity (Wildman–Crippen MR) is 88.2 cm³/mol. The first kappa shape index (κ1) is 16.3. The maximum Gasteiger partial charge on any atom is 0.351 e. The fraction of sp³-hybridized carbons (Fsp3) is 0.294. The van der Waals surface area contributed by atoms with Crippen molar-refractivity contribution in [1.29, 1.82) is 0 Å². The molecule has 1 aliphatic rings. The Balaban J connectivity index is 1.47. The topological polar surface area (TPSA) is 73.9 Å². The number of hydrogen-bond donors (Lipinski definition) is 1. The van der Waals surface area contributed by atoms with Gasteiger partial charge in [-0.2, -0.15) is 0 Å². The van der Waals surface area contributed by atoms with Gasteiger partial charge >= 0.3 is 5.97 Å². The third-order valence-electron chi connectivity index (χ3n) is 3.46. The van der Waals surface area contributed by atoms with E-state index in [1.54, 1.807) is 29.5 Å². The molecule has 6 nitrogen and oxygen atoms in total. The van der Waals surface area contributed by atoms with Gasteiger partial charge in [0.05, 0.1) is 6.04 Å². The van der Waals surface area contributed by atoms with E-state index in [0.717, 1.165) is 4.88 Å². The maximum atomic E-state index is 12.0. The number of benzene rings is 1. The summed E-state index contributed by atoms with van der Waals surface area (Å²) in [6.45, 7) is 1.58. The zero-order chi connectivity index (χ0) is 16.9. The molecule has 0 spiro atoms. The highest BCUT2D eigenvalue weighted by atomic mass is 32.1. The van der Waals surface area contributed by atoms with Gasteiger partial charge in [0, 0.05) is 4.88 Å². The number of rotatable bonds is 5. The average molecular weight is 347 g/mol. The summed E-state index contributed by atoms with van der Waals surface area (Å²) in [6.07, 6.45) is -0.873. The molecular formula is C17H17NO5S. The van der Waals surface area contributed by atoms with Crippen molar-refractivity contribution in [2.45, 2.75) is 19.1 Å². The van der Waals surface area contributed by atoms with Gasteiger partial charge in [0.1, 0.15) is 6.61 Å². The minimum absolute atomic E-state index is 0.0586. The number of thiophene rings is 1. The van der Waals surface area contributed by atoms with Crippen LogP contribution in [0.3, 0.4) is 0 Å². The minimum atomic E-state index is -0.873. The highest BCUT2D eigenvalue weighted by Crippen LogP contribution is 2.31. The fourth-order valence-corrected chi connectivity index (χ4v) is 2.99. The Morgan fingerprint density at radius 2 is 2.08 bits per heavy atom. The van der Waals surface area contributed by atoms with E-state index in [2.05, 4.69) is 5.32 Å². The third kappa shape index (κ3) is 3.86. The molecule has 126 valence electrons. The molecule has 0 radical (unpaired) electrons. The SMILES string of the molecule is C[C@H](NC(=O)COC(=O)[C@H]1COc2ccccc2O1)c1cccs1. The number of ether oxygens (including phenoxy) is 3. The standard InChI is InChI=1S/C17H17NO5S/c1-11(15-7-4-8-24-15)18-16(19)10-22-17(20)14-9-21-12-5-2-3-6-13(12)23-14/h2-8,11,14H,9-10H2,1H3,(H,18,19)/t11-,14+/m0/s1. The van der Waals surface area contributed by atoms with Crippen molar-refractivity contribution >= 4 is 23.2 Å². The molecule has 0 bridgehead atoms. The molecule has 0 unspecified atom stereocenters. The van der Waals surface area contributed by atoms with Crippen LogP contribution in [0.15, 0.2) is 41.8 Å². The van der Waals surface area contributed by atoms with E-state index < -0.39 is 12.1 Å². The van der Waals surface area contributed by atoms with Crippen molar-refractivity contribution in [2.24, 2.45) is 0 Å². The van der Waals surface area contributed by atoms with E-state index in [-0.39, 0.29) is 25.2 Å². The quantitative estimate of drug-likeness (QED) is 0.840. The van der Waals surface area contributed by atoms with Crippen molar-refractivity contribution in [3.05, 3.63) is 46.7 Å². The van der Waals surface area contributed by atoms with Crippen LogP contribution in [0.4, 0.5) is 0 Å². The molecular weight excluding hydrogens is 330 g/mol. The summed E-state index contributed by atoms with van der Waals surface area (Å²) in [7, 11) is 0. The second-order valence-electron chi connectivity index (χ2n) is 5.28. The molecule has 0 saturated heterocycles. The lowest BCUT2D eigenvalue weighted by atomic mass is 10.2. The Morgan fingerprint density at radius 3 is 2.83 bits per heavy atom. The van der Waals surface area contributed by atoms with Crippen LogP contribution >= 0.6 is 11.3 Å². The first-order valence-corrected chi connectivity index (χ1v) is 8.39. The number of para-hydroxylation sites is 2. The number of carbonyl (C=O) groups is 2. The third-order valence-corrected chi connectivity index (χ3v) is 4.52. The molecule has 1 N–H and O–H groups in total.